The number of piperazine rings is 1. The molecule has 1 fully saturated rings. The molecule has 0 unspecified atom stereocenters. The van der Waals surface area contributed by atoms with Gasteiger partial charge in [0.1, 0.15) is 0 Å². The smallest absolute Gasteiger partial charge is 0.252 e. The molecule has 1 aromatic rings. The predicted octanol–water partition coefficient (Wildman–Crippen LogP) is 2.47. The number of rotatable bonds is 5. The average molecular weight is 375 g/mol. The number of hydrogen-bond donors (Lipinski definition) is 1. The molecule has 0 aromatic heterocycles. The van der Waals surface area contributed by atoms with Gasteiger partial charge in [0, 0.05) is 37.2 Å². The summed E-state index contributed by atoms with van der Waals surface area (Å²) in [6.45, 7) is 6.18. The third-order valence-electron chi connectivity index (χ3n) is 3.71. The summed E-state index contributed by atoms with van der Waals surface area (Å²) < 4.78 is 0.856. The average Bonchev–Trinajstić information content (AvgIpc) is 2.47. The van der Waals surface area contributed by atoms with E-state index in [4.69, 9.17) is 11.6 Å². The lowest BCUT2D eigenvalue weighted by atomic mass is 10.2. The standard InChI is InChI=1S/C15H21BrClN3O/c1-19-7-9-20(10-8-19)6-2-5-18-15(21)13-11-12(16)3-4-14(13)17/h3-4,11H,2,5-10H2,1H3,(H,18,21). The Morgan fingerprint density at radius 2 is 2.05 bits per heavy atom. The lowest BCUT2D eigenvalue weighted by Crippen LogP contribution is -2.45. The van der Waals surface area contributed by atoms with Crippen LogP contribution >= 0.6 is 27.5 Å². The van der Waals surface area contributed by atoms with Gasteiger partial charge in [0.25, 0.3) is 5.91 Å². The van der Waals surface area contributed by atoms with E-state index in [1.165, 1.54) is 0 Å². The van der Waals surface area contributed by atoms with Crippen molar-refractivity contribution in [1.29, 1.82) is 0 Å². The number of likely N-dealkylation sites (N-methyl/N-ethyl adjacent to an activating group) is 1. The lowest BCUT2D eigenvalue weighted by Gasteiger charge is -2.32. The molecule has 0 radical (unpaired) electrons. The number of amides is 1. The highest BCUT2D eigenvalue weighted by molar-refractivity contribution is 9.10. The number of hydrogen-bond acceptors (Lipinski definition) is 3. The first kappa shape index (κ1) is 16.7. The molecule has 2 rings (SSSR count). The SMILES string of the molecule is CN1CCN(CCCNC(=O)c2cc(Br)ccc2Cl)CC1. The minimum Gasteiger partial charge on any atom is -0.352 e. The van der Waals surface area contributed by atoms with Crippen molar-refractivity contribution in [3.8, 4) is 0 Å². The molecule has 21 heavy (non-hydrogen) atoms. The van der Waals surface area contributed by atoms with Crippen LogP contribution in [0.3, 0.4) is 0 Å². The summed E-state index contributed by atoms with van der Waals surface area (Å²) in [5.41, 5.74) is 0.519. The van der Waals surface area contributed by atoms with Crippen LogP contribution in [0.1, 0.15) is 16.8 Å². The van der Waals surface area contributed by atoms with Gasteiger partial charge in [-0.25, -0.2) is 0 Å². The van der Waals surface area contributed by atoms with Gasteiger partial charge in [-0.15, -0.1) is 0 Å². The van der Waals surface area contributed by atoms with Gasteiger partial charge in [0.05, 0.1) is 10.6 Å². The molecule has 1 aromatic carbocycles. The highest BCUT2D eigenvalue weighted by Crippen LogP contribution is 2.20. The Balaban J connectivity index is 1.71. The van der Waals surface area contributed by atoms with Gasteiger partial charge in [-0.2, -0.15) is 0 Å². The monoisotopic (exact) mass is 373 g/mol. The number of halogens is 2. The van der Waals surface area contributed by atoms with Crippen molar-refractivity contribution in [3.63, 3.8) is 0 Å². The quantitative estimate of drug-likeness (QED) is 0.804. The van der Waals surface area contributed by atoms with Crippen molar-refractivity contribution in [3.05, 3.63) is 33.3 Å². The second-order valence-electron chi connectivity index (χ2n) is 5.38. The summed E-state index contributed by atoms with van der Waals surface area (Å²) in [6.07, 6.45) is 0.959. The van der Waals surface area contributed by atoms with Gasteiger partial charge < -0.3 is 15.1 Å². The van der Waals surface area contributed by atoms with Crippen LogP contribution in [0, 0.1) is 0 Å². The summed E-state index contributed by atoms with van der Waals surface area (Å²) in [5.74, 6) is -0.111. The third kappa shape index (κ3) is 5.25. The van der Waals surface area contributed by atoms with E-state index < -0.39 is 0 Å². The molecule has 1 amide bonds. The van der Waals surface area contributed by atoms with Crippen molar-refractivity contribution in [2.45, 2.75) is 6.42 Å². The Morgan fingerprint density at radius 1 is 1.33 bits per heavy atom. The molecule has 1 aliphatic rings. The second-order valence-corrected chi connectivity index (χ2v) is 6.70. The maximum Gasteiger partial charge on any atom is 0.252 e. The summed E-state index contributed by atoms with van der Waals surface area (Å²) >= 11 is 9.40. The van der Waals surface area contributed by atoms with E-state index in [9.17, 15) is 4.79 Å². The first-order valence-corrected chi connectivity index (χ1v) is 8.37. The predicted molar refractivity (Wildman–Crippen MR) is 90.0 cm³/mol. The van der Waals surface area contributed by atoms with Gasteiger partial charge in [-0.1, -0.05) is 27.5 Å². The highest BCUT2D eigenvalue weighted by Gasteiger charge is 2.14. The first-order chi connectivity index (χ1) is 10.1. The molecule has 0 aliphatic carbocycles. The Kier molecular flexibility index (Phi) is 6.48. The van der Waals surface area contributed by atoms with Gasteiger partial charge in [-0.05, 0) is 38.2 Å². The van der Waals surface area contributed by atoms with Crippen LogP contribution in [-0.2, 0) is 0 Å². The zero-order chi connectivity index (χ0) is 15.2. The largest absolute Gasteiger partial charge is 0.352 e. The minimum atomic E-state index is -0.111. The van der Waals surface area contributed by atoms with Crippen molar-refractivity contribution >= 4 is 33.4 Å². The fourth-order valence-corrected chi connectivity index (χ4v) is 2.91. The van der Waals surface area contributed by atoms with E-state index in [2.05, 4.69) is 38.1 Å². The normalized spacial score (nSPS) is 16.9. The van der Waals surface area contributed by atoms with E-state index in [0.717, 1.165) is 43.6 Å². The maximum absolute atomic E-state index is 12.1. The molecule has 0 saturated carbocycles. The zero-order valence-electron chi connectivity index (χ0n) is 12.2. The fraction of sp³-hybridized carbons (Fsp3) is 0.533. The minimum absolute atomic E-state index is 0.111. The summed E-state index contributed by atoms with van der Waals surface area (Å²) in [6, 6.07) is 5.30. The Labute approximate surface area is 139 Å². The number of nitrogens with zero attached hydrogens (tertiary/aromatic N) is 2. The van der Waals surface area contributed by atoms with E-state index >= 15 is 0 Å². The van der Waals surface area contributed by atoms with Gasteiger partial charge in [0.2, 0.25) is 0 Å². The first-order valence-electron chi connectivity index (χ1n) is 7.20. The van der Waals surface area contributed by atoms with Crippen molar-refractivity contribution in [1.82, 2.24) is 15.1 Å². The Hall–Kier alpha value is -0.620. The molecule has 4 nitrogen and oxygen atoms in total. The number of carbonyl (C=O) groups excluding carboxylic acids is 1. The van der Waals surface area contributed by atoms with Gasteiger partial charge >= 0.3 is 0 Å². The summed E-state index contributed by atoms with van der Waals surface area (Å²) in [5, 5.41) is 3.42. The zero-order valence-corrected chi connectivity index (χ0v) is 14.6. The van der Waals surface area contributed by atoms with Gasteiger partial charge in [0.15, 0.2) is 0 Å². The highest BCUT2D eigenvalue weighted by atomic mass is 79.9. The summed E-state index contributed by atoms with van der Waals surface area (Å²) in [4.78, 5) is 16.9. The second kappa shape index (κ2) is 8.13. The number of nitrogens with one attached hydrogen (secondary N) is 1. The Bertz CT molecular complexity index is 490. The van der Waals surface area contributed by atoms with Gasteiger partial charge in [-0.3, -0.25) is 4.79 Å². The van der Waals surface area contributed by atoms with Crippen LogP contribution in [0.2, 0.25) is 5.02 Å². The van der Waals surface area contributed by atoms with Crippen LogP contribution in [-0.4, -0.2) is 62.0 Å². The molecule has 1 heterocycles. The maximum atomic E-state index is 12.1. The number of benzene rings is 1. The molecule has 0 spiro atoms. The van der Waals surface area contributed by atoms with Crippen LogP contribution in [0.25, 0.3) is 0 Å². The van der Waals surface area contributed by atoms with Crippen LogP contribution in [0.4, 0.5) is 0 Å². The Morgan fingerprint density at radius 3 is 2.76 bits per heavy atom. The van der Waals surface area contributed by atoms with Crippen molar-refractivity contribution in [2.75, 3.05) is 46.3 Å². The van der Waals surface area contributed by atoms with E-state index in [-0.39, 0.29) is 5.91 Å². The van der Waals surface area contributed by atoms with Crippen LogP contribution in [0.5, 0.6) is 0 Å². The molecular weight excluding hydrogens is 354 g/mol. The van der Waals surface area contributed by atoms with Crippen molar-refractivity contribution < 1.29 is 4.79 Å². The molecule has 116 valence electrons. The van der Waals surface area contributed by atoms with Crippen molar-refractivity contribution in [2.24, 2.45) is 0 Å². The number of carbonyl (C=O) groups is 1. The summed E-state index contributed by atoms with van der Waals surface area (Å²) in [7, 11) is 2.15. The molecule has 0 atom stereocenters. The third-order valence-corrected chi connectivity index (χ3v) is 4.53. The van der Waals surface area contributed by atoms with Crippen LogP contribution in [0.15, 0.2) is 22.7 Å². The molecule has 6 heteroatoms. The van der Waals surface area contributed by atoms with E-state index in [1.807, 2.05) is 6.07 Å². The lowest BCUT2D eigenvalue weighted by molar-refractivity contribution is 0.0949. The molecule has 1 N–H and O–H groups in total. The molecule has 0 bridgehead atoms. The van der Waals surface area contributed by atoms with Crippen LogP contribution < -0.4 is 5.32 Å². The molecule has 1 aliphatic heterocycles. The van der Waals surface area contributed by atoms with E-state index in [1.54, 1.807) is 12.1 Å². The fourth-order valence-electron chi connectivity index (χ4n) is 2.34. The molecular formula is C15H21BrClN3O. The topological polar surface area (TPSA) is 35.6 Å². The molecule has 1 saturated heterocycles. The van der Waals surface area contributed by atoms with E-state index in [0.29, 0.717) is 17.1 Å².